The Kier molecular flexibility index (Phi) is 9.23. The van der Waals surface area contributed by atoms with Crippen LogP contribution in [0.2, 0.25) is 10.0 Å². The lowest BCUT2D eigenvalue weighted by Crippen LogP contribution is -2.55. The number of rotatable bonds is 11. The normalized spacial score (nSPS) is 20.9. The maximum atomic E-state index is 10.7. The summed E-state index contributed by atoms with van der Waals surface area (Å²) in [6.07, 6.45) is 2.30. The van der Waals surface area contributed by atoms with E-state index in [4.69, 9.17) is 32.8 Å². The van der Waals surface area contributed by atoms with Gasteiger partial charge in [0, 0.05) is 24.7 Å². The van der Waals surface area contributed by atoms with Crippen LogP contribution in [0.25, 0.3) is 0 Å². The highest BCUT2D eigenvalue weighted by atomic mass is 35.5. The van der Waals surface area contributed by atoms with E-state index in [1.807, 2.05) is 13.8 Å². The van der Waals surface area contributed by atoms with Crippen LogP contribution in [-0.2, 0) is 4.84 Å². The van der Waals surface area contributed by atoms with Crippen molar-refractivity contribution in [1.82, 2.24) is 10.6 Å². The Morgan fingerprint density at radius 2 is 2.07 bits per heavy atom. The van der Waals surface area contributed by atoms with Crippen molar-refractivity contribution >= 4 is 23.2 Å². The summed E-state index contributed by atoms with van der Waals surface area (Å²) in [6, 6.07) is 5.02. The molecular weight excluding hydrogens is 421 g/mol. The third-order valence-corrected chi connectivity index (χ3v) is 5.70. The van der Waals surface area contributed by atoms with E-state index < -0.39 is 17.3 Å². The summed E-state index contributed by atoms with van der Waals surface area (Å²) in [4.78, 5) is 15.5. The van der Waals surface area contributed by atoms with E-state index in [2.05, 4.69) is 10.6 Å². The molecule has 2 rings (SSSR count). The summed E-state index contributed by atoms with van der Waals surface area (Å²) >= 11 is 12.0. The molecule has 1 fully saturated rings. The SMILES string of the molecule is CC(C)(CN[C@@H]1CCCC[C@H]1O[N+](=O)[O-])NCC(O)COc1cccc(Cl)c1Cl. The lowest BCUT2D eigenvalue weighted by atomic mass is 9.91. The predicted octanol–water partition coefficient (Wildman–Crippen LogP) is 3.21. The smallest absolute Gasteiger partial charge is 0.294 e. The molecule has 0 aromatic heterocycles. The van der Waals surface area contributed by atoms with Gasteiger partial charge in [0.15, 0.2) is 0 Å². The number of benzene rings is 1. The first-order valence-electron chi connectivity index (χ1n) is 9.72. The highest BCUT2D eigenvalue weighted by Crippen LogP contribution is 2.31. The summed E-state index contributed by atoms with van der Waals surface area (Å²) < 4.78 is 5.55. The molecule has 1 unspecified atom stereocenters. The number of aliphatic hydroxyl groups is 1. The molecule has 0 heterocycles. The van der Waals surface area contributed by atoms with E-state index in [0.29, 0.717) is 35.3 Å². The van der Waals surface area contributed by atoms with Gasteiger partial charge in [0.1, 0.15) is 29.6 Å². The monoisotopic (exact) mass is 449 g/mol. The van der Waals surface area contributed by atoms with Crippen LogP contribution in [0.5, 0.6) is 5.75 Å². The molecule has 0 saturated heterocycles. The van der Waals surface area contributed by atoms with Gasteiger partial charge in [-0.15, -0.1) is 10.1 Å². The number of halogens is 2. The van der Waals surface area contributed by atoms with Crippen LogP contribution in [0.3, 0.4) is 0 Å². The van der Waals surface area contributed by atoms with E-state index in [-0.39, 0.29) is 18.2 Å². The Hall–Kier alpha value is -1.32. The van der Waals surface area contributed by atoms with Crippen molar-refractivity contribution in [2.24, 2.45) is 0 Å². The van der Waals surface area contributed by atoms with Crippen LogP contribution in [0.15, 0.2) is 18.2 Å². The topological polar surface area (TPSA) is 106 Å². The molecular formula is C19H29Cl2N3O5. The van der Waals surface area contributed by atoms with Crippen LogP contribution in [0.4, 0.5) is 0 Å². The first kappa shape index (κ1) is 24.0. The fraction of sp³-hybridized carbons (Fsp3) is 0.684. The number of nitrogens with one attached hydrogen (secondary N) is 2. The van der Waals surface area contributed by atoms with Gasteiger partial charge in [-0.05, 0) is 38.8 Å². The van der Waals surface area contributed by atoms with Gasteiger partial charge >= 0.3 is 0 Å². The van der Waals surface area contributed by atoms with E-state index in [1.165, 1.54) is 0 Å². The molecule has 1 aliphatic rings. The standard InChI is InChI=1S/C19H29Cl2N3O5/c1-19(2,12-22-15-7-3-4-8-16(15)29-24(26)27)23-10-13(25)11-28-17-9-5-6-14(20)18(17)21/h5-6,9,13,15-16,22-23,25H,3-4,7-8,10-12H2,1-2H3/t13?,15-,16-/m1/s1. The van der Waals surface area contributed by atoms with Crippen LogP contribution >= 0.6 is 23.2 Å². The highest BCUT2D eigenvalue weighted by Gasteiger charge is 2.29. The van der Waals surface area contributed by atoms with E-state index in [9.17, 15) is 15.2 Å². The van der Waals surface area contributed by atoms with Gasteiger partial charge in [-0.3, -0.25) is 0 Å². The number of hydrogen-bond acceptors (Lipinski definition) is 7. The fourth-order valence-electron chi connectivity index (χ4n) is 3.25. The summed E-state index contributed by atoms with van der Waals surface area (Å²) in [5, 5.41) is 27.6. The van der Waals surface area contributed by atoms with E-state index in [1.54, 1.807) is 18.2 Å². The van der Waals surface area contributed by atoms with Crippen LogP contribution in [-0.4, -0.2) is 53.7 Å². The minimum absolute atomic E-state index is 0.0616. The second-order valence-electron chi connectivity index (χ2n) is 7.92. The average molecular weight is 450 g/mol. The van der Waals surface area contributed by atoms with Crippen molar-refractivity contribution in [2.75, 3.05) is 19.7 Å². The molecule has 1 aliphatic carbocycles. The quantitative estimate of drug-likeness (QED) is 0.351. The Morgan fingerprint density at radius 1 is 1.34 bits per heavy atom. The minimum Gasteiger partial charge on any atom is -0.489 e. The summed E-state index contributed by atoms with van der Waals surface area (Å²) in [6.45, 7) is 4.94. The fourth-order valence-corrected chi connectivity index (χ4v) is 3.60. The number of nitrogens with zero attached hydrogens (tertiary/aromatic N) is 1. The molecule has 0 bridgehead atoms. The van der Waals surface area contributed by atoms with Crippen molar-refractivity contribution < 1.29 is 19.8 Å². The maximum absolute atomic E-state index is 10.7. The first-order chi connectivity index (χ1) is 13.7. The zero-order chi connectivity index (χ0) is 21.4. The van der Waals surface area contributed by atoms with Crippen molar-refractivity contribution in [1.29, 1.82) is 0 Å². The third-order valence-electron chi connectivity index (χ3n) is 4.89. The molecule has 1 saturated carbocycles. The average Bonchev–Trinajstić information content (AvgIpc) is 2.66. The van der Waals surface area contributed by atoms with Gasteiger partial charge in [-0.2, -0.15) is 0 Å². The van der Waals surface area contributed by atoms with Gasteiger partial charge in [-0.1, -0.05) is 42.1 Å². The first-order valence-corrected chi connectivity index (χ1v) is 10.5. The zero-order valence-corrected chi connectivity index (χ0v) is 18.2. The maximum Gasteiger partial charge on any atom is 0.294 e. The summed E-state index contributed by atoms with van der Waals surface area (Å²) in [5.74, 6) is 0.424. The van der Waals surface area contributed by atoms with Gasteiger partial charge in [0.2, 0.25) is 0 Å². The third kappa shape index (κ3) is 8.14. The molecule has 1 aromatic carbocycles. The van der Waals surface area contributed by atoms with Crippen molar-refractivity contribution in [3.8, 4) is 5.75 Å². The van der Waals surface area contributed by atoms with Crippen LogP contribution < -0.4 is 15.4 Å². The molecule has 0 aliphatic heterocycles. The lowest BCUT2D eigenvalue weighted by molar-refractivity contribution is -0.770. The summed E-state index contributed by atoms with van der Waals surface area (Å²) in [5.41, 5.74) is -0.342. The Balaban J connectivity index is 1.75. The largest absolute Gasteiger partial charge is 0.489 e. The van der Waals surface area contributed by atoms with Gasteiger partial charge < -0.3 is 25.3 Å². The number of β-amino-alcohol motifs (C(OH)–C–C–N with tert-alkyl or cyclic N) is 1. The highest BCUT2D eigenvalue weighted by molar-refractivity contribution is 6.42. The second-order valence-corrected chi connectivity index (χ2v) is 8.71. The molecule has 164 valence electrons. The van der Waals surface area contributed by atoms with Crippen LogP contribution in [0, 0.1) is 10.1 Å². The molecule has 1 aromatic rings. The number of hydrogen-bond donors (Lipinski definition) is 3. The van der Waals surface area contributed by atoms with Gasteiger partial charge in [-0.25, -0.2) is 0 Å². The minimum atomic E-state index is -0.746. The number of aliphatic hydroxyl groups excluding tert-OH is 1. The van der Waals surface area contributed by atoms with Gasteiger partial charge in [0.05, 0.1) is 5.02 Å². The predicted molar refractivity (Wildman–Crippen MR) is 112 cm³/mol. The second kappa shape index (κ2) is 11.2. The Bertz CT molecular complexity index is 677. The van der Waals surface area contributed by atoms with Crippen molar-refractivity contribution in [3.05, 3.63) is 38.4 Å². The molecule has 3 N–H and O–H groups in total. The molecule has 3 atom stereocenters. The van der Waals surface area contributed by atoms with Crippen LogP contribution in [0.1, 0.15) is 39.5 Å². The number of ether oxygens (including phenoxy) is 1. The van der Waals surface area contributed by atoms with Crippen molar-refractivity contribution in [2.45, 2.75) is 63.3 Å². The summed E-state index contributed by atoms with van der Waals surface area (Å²) in [7, 11) is 0. The van der Waals surface area contributed by atoms with E-state index in [0.717, 1.165) is 19.3 Å². The molecule has 0 radical (unpaired) electrons. The van der Waals surface area contributed by atoms with Crippen molar-refractivity contribution in [3.63, 3.8) is 0 Å². The molecule has 0 amide bonds. The molecule has 8 nitrogen and oxygen atoms in total. The lowest BCUT2D eigenvalue weighted by Gasteiger charge is -2.35. The zero-order valence-electron chi connectivity index (χ0n) is 16.7. The Labute approximate surface area is 181 Å². The van der Waals surface area contributed by atoms with Gasteiger partial charge in [0.25, 0.3) is 5.09 Å². The molecule has 0 spiro atoms. The Morgan fingerprint density at radius 3 is 2.79 bits per heavy atom. The molecule has 29 heavy (non-hydrogen) atoms. The van der Waals surface area contributed by atoms with E-state index >= 15 is 0 Å². The molecule has 10 heteroatoms.